The first kappa shape index (κ1) is 20.5. The summed E-state index contributed by atoms with van der Waals surface area (Å²) in [4.78, 5) is 17.4. The average molecular weight is 435 g/mol. The highest BCUT2D eigenvalue weighted by Crippen LogP contribution is 2.36. The summed E-state index contributed by atoms with van der Waals surface area (Å²) in [6, 6.07) is 26.3. The highest BCUT2D eigenvalue weighted by Gasteiger charge is 2.13. The van der Waals surface area contributed by atoms with Crippen LogP contribution in [0.25, 0.3) is 21.7 Å². The van der Waals surface area contributed by atoms with E-state index in [0.717, 1.165) is 21.7 Å². The summed E-state index contributed by atoms with van der Waals surface area (Å²) < 4.78 is 16.9. The molecular formula is C28H21NO4. The van der Waals surface area contributed by atoms with Crippen LogP contribution in [0.3, 0.4) is 0 Å². The van der Waals surface area contributed by atoms with Gasteiger partial charge >= 0.3 is 0 Å². The number of carbonyl (C=O) groups is 1. The van der Waals surface area contributed by atoms with Gasteiger partial charge in [0.2, 0.25) is 0 Å². The molecule has 0 saturated carbocycles. The van der Waals surface area contributed by atoms with Crippen molar-refractivity contribution in [2.45, 2.75) is 0 Å². The van der Waals surface area contributed by atoms with E-state index in [2.05, 4.69) is 4.98 Å². The summed E-state index contributed by atoms with van der Waals surface area (Å²) >= 11 is 0. The second-order valence-corrected chi connectivity index (χ2v) is 7.55. The van der Waals surface area contributed by atoms with Crippen LogP contribution in [-0.4, -0.2) is 25.0 Å². The van der Waals surface area contributed by atoms with Crippen LogP contribution in [0.15, 0.2) is 91.1 Å². The fourth-order valence-electron chi connectivity index (χ4n) is 3.84. The number of hydrogen-bond acceptors (Lipinski definition) is 5. The molecule has 33 heavy (non-hydrogen) atoms. The van der Waals surface area contributed by atoms with Crippen LogP contribution in [0.1, 0.15) is 15.9 Å². The lowest BCUT2D eigenvalue weighted by molar-refractivity contribution is 0.103. The molecule has 1 heterocycles. The van der Waals surface area contributed by atoms with E-state index in [1.165, 1.54) is 0 Å². The van der Waals surface area contributed by atoms with Gasteiger partial charge in [-0.1, -0.05) is 36.4 Å². The van der Waals surface area contributed by atoms with Crippen LogP contribution < -0.4 is 14.2 Å². The average Bonchev–Trinajstić information content (AvgIpc) is 2.87. The molecule has 5 nitrogen and oxygen atoms in total. The molecule has 162 valence electrons. The summed E-state index contributed by atoms with van der Waals surface area (Å²) in [7, 11) is 3.18. The van der Waals surface area contributed by atoms with Crippen molar-refractivity contribution < 1.29 is 19.0 Å². The fraction of sp³-hybridized carbons (Fsp3) is 0.0714. The number of rotatable bonds is 6. The van der Waals surface area contributed by atoms with Crippen LogP contribution in [0.2, 0.25) is 0 Å². The number of pyridine rings is 1. The monoisotopic (exact) mass is 435 g/mol. The predicted octanol–water partition coefficient (Wildman–Crippen LogP) is 6.43. The van der Waals surface area contributed by atoms with Crippen molar-refractivity contribution in [2.24, 2.45) is 0 Å². The number of ether oxygens (including phenoxy) is 3. The standard InChI is InChI=1S/C28H21NO4/c1-31-26-16-23-24(17-27(26)32-2)29-14-13-25(23)33-22-11-9-19(10-12-22)28(30)21-8-7-18-5-3-4-6-20(18)15-21/h3-17H,1-2H3. The lowest BCUT2D eigenvalue weighted by Crippen LogP contribution is -2.01. The van der Waals surface area contributed by atoms with Crippen molar-refractivity contribution in [3.8, 4) is 23.0 Å². The number of aromatic nitrogens is 1. The van der Waals surface area contributed by atoms with Crippen molar-refractivity contribution in [1.82, 2.24) is 4.98 Å². The van der Waals surface area contributed by atoms with E-state index in [1.54, 1.807) is 50.7 Å². The van der Waals surface area contributed by atoms with Crippen LogP contribution in [-0.2, 0) is 0 Å². The lowest BCUT2D eigenvalue weighted by Gasteiger charge is -2.12. The van der Waals surface area contributed by atoms with E-state index in [-0.39, 0.29) is 5.78 Å². The van der Waals surface area contributed by atoms with Crippen LogP contribution in [0.5, 0.6) is 23.0 Å². The van der Waals surface area contributed by atoms with E-state index >= 15 is 0 Å². The number of nitrogens with zero attached hydrogens (tertiary/aromatic N) is 1. The van der Waals surface area contributed by atoms with Gasteiger partial charge in [0.1, 0.15) is 11.5 Å². The molecule has 5 aromatic rings. The zero-order valence-corrected chi connectivity index (χ0v) is 18.2. The summed E-state index contributed by atoms with van der Waals surface area (Å²) in [5.74, 6) is 2.42. The fourth-order valence-corrected chi connectivity index (χ4v) is 3.84. The zero-order chi connectivity index (χ0) is 22.8. The van der Waals surface area contributed by atoms with Gasteiger partial charge in [-0.05, 0) is 53.2 Å². The maximum atomic E-state index is 13.0. The van der Waals surface area contributed by atoms with E-state index < -0.39 is 0 Å². The molecule has 5 heteroatoms. The molecule has 5 rings (SSSR count). The van der Waals surface area contributed by atoms with E-state index in [0.29, 0.717) is 34.1 Å². The molecule has 0 radical (unpaired) electrons. The number of hydrogen-bond donors (Lipinski definition) is 0. The van der Waals surface area contributed by atoms with Gasteiger partial charge in [0.05, 0.1) is 19.7 Å². The minimum Gasteiger partial charge on any atom is -0.493 e. The Bertz CT molecular complexity index is 1480. The van der Waals surface area contributed by atoms with Crippen molar-refractivity contribution in [1.29, 1.82) is 0 Å². The minimum absolute atomic E-state index is 0.0292. The Morgan fingerprint density at radius 3 is 2.15 bits per heavy atom. The summed E-state index contributed by atoms with van der Waals surface area (Å²) in [5, 5.41) is 2.95. The number of fused-ring (bicyclic) bond motifs is 2. The van der Waals surface area contributed by atoms with Crippen LogP contribution >= 0.6 is 0 Å². The Morgan fingerprint density at radius 1 is 0.697 bits per heavy atom. The Kier molecular flexibility index (Phi) is 5.37. The Hall–Kier alpha value is -4.38. The van der Waals surface area contributed by atoms with Crippen molar-refractivity contribution >= 4 is 27.5 Å². The van der Waals surface area contributed by atoms with Gasteiger partial charge in [-0.3, -0.25) is 9.78 Å². The number of methoxy groups -OCH3 is 2. The topological polar surface area (TPSA) is 57.7 Å². The quantitative estimate of drug-likeness (QED) is 0.288. The third kappa shape index (κ3) is 3.96. The second kappa shape index (κ2) is 8.63. The highest BCUT2D eigenvalue weighted by atomic mass is 16.5. The summed E-state index contributed by atoms with van der Waals surface area (Å²) in [5.41, 5.74) is 1.99. The van der Waals surface area contributed by atoms with Crippen LogP contribution in [0, 0.1) is 0 Å². The van der Waals surface area contributed by atoms with E-state index in [9.17, 15) is 4.79 Å². The van der Waals surface area contributed by atoms with Gasteiger partial charge in [0.15, 0.2) is 17.3 Å². The molecule has 0 aliphatic carbocycles. The maximum Gasteiger partial charge on any atom is 0.193 e. The van der Waals surface area contributed by atoms with Crippen molar-refractivity contribution in [3.05, 3.63) is 102 Å². The van der Waals surface area contributed by atoms with Gasteiger partial charge in [-0.15, -0.1) is 0 Å². The first-order valence-corrected chi connectivity index (χ1v) is 10.5. The molecule has 0 saturated heterocycles. The van der Waals surface area contributed by atoms with Gasteiger partial charge in [0.25, 0.3) is 0 Å². The number of ketones is 1. The lowest BCUT2D eigenvalue weighted by atomic mass is 10.00. The van der Waals surface area contributed by atoms with Gasteiger partial charge in [-0.2, -0.15) is 0 Å². The SMILES string of the molecule is COc1cc2nccc(Oc3ccc(C(=O)c4ccc5ccccc5c4)cc3)c2cc1OC. The normalized spacial score (nSPS) is 10.8. The Labute approximate surface area is 191 Å². The third-order valence-corrected chi connectivity index (χ3v) is 5.56. The molecule has 0 aliphatic rings. The van der Waals surface area contributed by atoms with Crippen molar-refractivity contribution in [3.63, 3.8) is 0 Å². The smallest absolute Gasteiger partial charge is 0.193 e. The molecule has 0 spiro atoms. The molecule has 0 bridgehead atoms. The molecule has 1 aromatic heterocycles. The zero-order valence-electron chi connectivity index (χ0n) is 18.2. The Morgan fingerprint density at radius 2 is 1.39 bits per heavy atom. The third-order valence-electron chi connectivity index (χ3n) is 5.56. The molecule has 0 amide bonds. The molecular weight excluding hydrogens is 414 g/mol. The molecule has 0 N–H and O–H groups in total. The molecule has 0 aliphatic heterocycles. The van der Waals surface area contributed by atoms with E-state index in [1.807, 2.05) is 54.6 Å². The number of benzene rings is 4. The maximum absolute atomic E-state index is 13.0. The first-order valence-electron chi connectivity index (χ1n) is 10.5. The largest absolute Gasteiger partial charge is 0.493 e. The van der Waals surface area contributed by atoms with Gasteiger partial charge < -0.3 is 14.2 Å². The van der Waals surface area contributed by atoms with Crippen LogP contribution in [0.4, 0.5) is 0 Å². The van der Waals surface area contributed by atoms with E-state index in [4.69, 9.17) is 14.2 Å². The molecule has 0 unspecified atom stereocenters. The second-order valence-electron chi connectivity index (χ2n) is 7.55. The molecule has 0 fully saturated rings. The van der Waals surface area contributed by atoms with Gasteiger partial charge in [0, 0.05) is 28.8 Å². The predicted molar refractivity (Wildman–Crippen MR) is 129 cm³/mol. The number of carbonyl (C=O) groups excluding carboxylic acids is 1. The molecule has 0 atom stereocenters. The van der Waals surface area contributed by atoms with Gasteiger partial charge in [-0.25, -0.2) is 0 Å². The molecule has 4 aromatic carbocycles. The Balaban J connectivity index is 1.42. The summed E-state index contributed by atoms with van der Waals surface area (Å²) in [6.45, 7) is 0. The minimum atomic E-state index is -0.0292. The highest BCUT2D eigenvalue weighted by molar-refractivity contribution is 6.10. The first-order chi connectivity index (χ1) is 16.2. The summed E-state index contributed by atoms with van der Waals surface area (Å²) in [6.07, 6.45) is 1.68. The van der Waals surface area contributed by atoms with Crippen molar-refractivity contribution in [2.75, 3.05) is 14.2 Å².